The first-order chi connectivity index (χ1) is 12.2. The van der Waals surface area contributed by atoms with Gasteiger partial charge in [0, 0.05) is 5.56 Å². The molecule has 3 rings (SSSR count). The van der Waals surface area contributed by atoms with E-state index in [1.165, 1.54) is 13.0 Å². The Morgan fingerprint density at radius 1 is 1.12 bits per heavy atom. The number of rotatable bonds is 3. The van der Waals surface area contributed by atoms with Gasteiger partial charge < -0.3 is 5.32 Å². The Morgan fingerprint density at radius 2 is 1.85 bits per heavy atom. The molecule has 136 valence electrons. The number of benzene rings is 1. The Balaban J connectivity index is 1.85. The van der Waals surface area contributed by atoms with E-state index in [4.69, 9.17) is 23.2 Å². The molecule has 2 heterocycles. The van der Waals surface area contributed by atoms with Crippen molar-refractivity contribution in [2.45, 2.75) is 13.1 Å². The topological polar surface area (TPSA) is 86.5 Å². The third kappa shape index (κ3) is 3.54. The number of anilines is 1. The van der Waals surface area contributed by atoms with Crippen molar-refractivity contribution in [3.05, 3.63) is 51.4 Å². The average Bonchev–Trinajstić information content (AvgIpc) is 3.17. The van der Waals surface area contributed by atoms with Crippen molar-refractivity contribution in [3.8, 4) is 11.3 Å². The van der Waals surface area contributed by atoms with Crippen LogP contribution >= 0.6 is 23.2 Å². The van der Waals surface area contributed by atoms with Crippen molar-refractivity contribution >= 4 is 34.8 Å². The lowest BCUT2D eigenvalue weighted by molar-refractivity contribution is -0.140. The SMILES string of the molecule is Cc1[nH]nc(C(F)(F)F)c1NC(=O)c1cc(-c2ccc(Cl)c(Cl)c2)n[nH]1. The van der Waals surface area contributed by atoms with Gasteiger partial charge in [0.15, 0.2) is 5.69 Å². The van der Waals surface area contributed by atoms with Crippen LogP contribution in [0.3, 0.4) is 0 Å². The fourth-order valence-electron chi connectivity index (χ4n) is 2.21. The van der Waals surface area contributed by atoms with Crippen LogP contribution in [0.25, 0.3) is 11.3 Å². The summed E-state index contributed by atoms with van der Waals surface area (Å²) < 4.78 is 38.8. The molecule has 11 heteroatoms. The number of aromatic nitrogens is 4. The maximum atomic E-state index is 12.9. The number of hydrogen-bond acceptors (Lipinski definition) is 3. The Labute approximate surface area is 154 Å². The second-order valence-corrected chi connectivity index (χ2v) is 6.13. The monoisotopic (exact) mass is 403 g/mol. The fraction of sp³-hybridized carbons (Fsp3) is 0.133. The third-order valence-corrected chi connectivity index (χ3v) is 4.23. The maximum absolute atomic E-state index is 12.9. The highest BCUT2D eigenvalue weighted by Crippen LogP contribution is 2.35. The molecular weight excluding hydrogens is 394 g/mol. The van der Waals surface area contributed by atoms with Gasteiger partial charge in [0.1, 0.15) is 5.69 Å². The molecule has 3 N–H and O–H groups in total. The van der Waals surface area contributed by atoms with Crippen molar-refractivity contribution in [2.24, 2.45) is 0 Å². The summed E-state index contributed by atoms with van der Waals surface area (Å²) in [7, 11) is 0. The number of carbonyl (C=O) groups is 1. The summed E-state index contributed by atoms with van der Waals surface area (Å²) in [6, 6.07) is 6.16. The van der Waals surface area contributed by atoms with Crippen molar-refractivity contribution in [3.63, 3.8) is 0 Å². The van der Waals surface area contributed by atoms with Gasteiger partial charge in [0.25, 0.3) is 5.91 Å². The molecule has 0 bridgehead atoms. The number of aromatic amines is 2. The first-order valence-electron chi connectivity index (χ1n) is 7.11. The molecule has 0 unspecified atom stereocenters. The number of carbonyl (C=O) groups excluding carboxylic acids is 1. The van der Waals surface area contributed by atoms with Crippen molar-refractivity contribution in [2.75, 3.05) is 5.32 Å². The number of nitrogens with one attached hydrogen (secondary N) is 3. The zero-order chi connectivity index (χ0) is 19.1. The van der Waals surface area contributed by atoms with E-state index in [2.05, 4.69) is 25.7 Å². The minimum absolute atomic E-state index is 0.0280. The smallest absolute Gasteiger partial charge is 0.317 e. The van der Waals surface area contributed by atoms with Gasteiger partial charge in [-0.25, -0.2) is 0 Å². The third-order valence-electron chi connectivity index (χ3n) is 3.49. The maximum Gasteiger partial charge on any atom is 0.437 e. The molecule has 0 aliphatic rings. The number of H-pyrrole nitrogens is 2. The molecule has 0 aliphatic carbocycles. The molecule has 1 aromatic carbocycles. The highest BCUT2D eigenvalue weighted by atomic mass is 35.5. The summed E-state index contributed by atoms with van der Waals surface area (Å²) in [6.45, 7) is 1.37. The molecule has 0 aliphatic heterocycles. The van der Waals surface area contributed by atoms with Gasteiger partial charge in [-0.2, -0.15) is 23.4 Å². The van der Waals surface area contributed by atoms with E-state index in [-0.39, 0.29) is 11.4 Å². The van der Waals surface area contributed by atoms with Crippen LogP contribution in [0, 0.1) is 6.92 Å². The minimum Gasteiger partial charge on any atom is -0.317 e. The van der Waals surface area contributed by atoms with E-state index < -0.39 is 23.5 Å². The quantitative estimate of drug-likeness (QED) is 0.592. The van der Waals surface area contributed by atoms with E-state index in [9.17, 15) is 18.0 Å². The first kappa shape index (κ1) is 18.3. The predicted octanol–water partition coefficient (Wildman–Crippen LogP) is 4.69. The van der Waals surface area contributed by atoms with Gasteiger partial charge in [-0.3, -0.25) is 15.0 Å². The van der Waals surface area contributed by atoms with E-state index in [0.717, 1.165) is 0 Å². The van der Waals surface area contributed by atoms with Gasteiger partial charge in [0.05, 0.1) is 27.1 Å². The number of hydrogen-bond donors (Lipinski definition) is 3. The molecule has 26 heavy (non-hydrogen) atoms. The van der Waals surface area contributed by atoms with E-state index in [0.29, 0.717) is 21.3 Å². The average molecular weight is 404 g/mol. The molecule has 0 fully saturated rings. The number of alkyl halides is 3. The summed E-state index contributed by atoms with van der Waals surface area (Å²) in [5.74, 6) is -0.793. The summed E-state index contributed by atoms with van der Waals surface area (Å²) in [6.07, 6.45) is -4.70. The van der Waals surface area contributed by atoms with Crippen molar-refractivity contribution < 1.29 is 18.0 Å². The van der Waals surface area contributed by atoms with Crippen molar-refractivity contribution in [1.29, 1.82) is 0 Å². The van der Waals surface area contributed by atoms with Crippen molar-refractivity contribution in [1.82, 2.24) is 20.4 Å². The van der Waals surface area contributed by atoms with Crippen LogP contribution < -0.4 is 5.32 Å². The lowest BCUT2D eigenvalue weighted by Crippen LogP contribution is -2.17. The number of aryl methyl sites for hydroxylation is 1. The highest BCUT2D eigenvalue weighted by Gasteiger charge is 2.38. The molecule has 0 saturated heterocycles. The van der Waals surface area contributed by atoms with Crippen LogP contribution in [0.2, 0.25) is 10.0 Å². The molecule has 0 saturated carbocycles. The fourth-order valence-corrected chi connectivity index (χ4v) is 2.51. The molecule has 2 aromatic heterocycles. The van der Waals surface area contributed by atoms with Crippen LogP contribution in [0.5, 0.6) is 0 Å². The Kier molecular flexibility index (Phi) is 4.68. The summed E-state index contributed by atoms with van der Waals surface area (Å²) in [5.41, 5.74) is -0.616. The standard InChI is InChI=1S/C15H10Cl2F3N5O/c1-6-12(13(25-22-6)15(18,19)20)21-14(26)11-5-10(23-24-11)7-2-3-8(16)9(17)4-7/h2-5H,1H3,(H,21,26)(H,22,25)(H,23,24). The Hall–Kier alpha value is -2.52. The van der Waals surface area contributed by atoms with E-state index in [1.807, 2.05) is 0 Å². The molecule has 0 spiro atoms. The second kappa shape index (κ2) is 6.65. The Bertz CT molecular complexity index is 980. The first-order valence-corrected chi connectivity index (χ1v) is 7.86. The summed E-state index contributed by atoms with van der Waals surface area (Å²) >= 11 is 11.8. The number of halogens is 5. The minimum atomic E-state index is -4.70. The zero-order valence-corrected chi connectivity index (χ0v) is 14.5. The van der Waals surface area contributed by atoms with Crippen LogP contribution in [0.1, 0.15) is 21.9 Å². The number of nitrogens with zero attached hydrogens (tertiary/aromatic N) is 2. The largest absolute Gasteiger partial charge is 0.437 e. The molecule has 0 radical (unpaired) electrons. The number of amides is 1. The lowest BCUT2D eigenvalue weighted by atomic mass is 10.1. The van der Waals surface area contributed by atoms with Gasteiger partial charge in [-0.15, -0.1) is 0 Å². The molecule has 1 amide bonds. The molecule has 3 aromatic rings. The van der Waals surface area contributed by atoms with Gasteiger partial charge >= 0.3 is 6.18 Å². The second-order valence-electron chi connectivity index (χ2n) is 5.32. The molecular formula is C15H10Cl2F3N5O. The van der Waals surface area contributed by atoms with E-state index >= 15 is 0 Å². The van der Waals surface area contributed by atoms with E-state index in [1.54, 1.807) is 18.2 Å². The molecule has 0 atom stereocenters. The van der Waals surface area contributed by atoms with Gasteiger partial charge in [0.2, 0.25) is 0 Å². The van der Waals surface area contributed by atoms with Crippen LogP contribution in [-0.4, -0.2) is 26.3 Å². The van der Waals surface area contributed by atoms with Crippen LogP contribution in [0.15, 0.2) is 24.3 Å². The van der Waals surface area contributed by atoms with Gasteiger partial charge in [-0.1, -0.05) is 29.3 Å². The highest BCUT2D eigenvalue weighted by molar-refractivity contribution is 6.42. The molecule has 6 nitrogen and oxygen atoms in total. The normalized spacial score (nSPS) is 11.6. The van der Waals surface area contributed by atoms with Crippen LogP contribution in [-0.2, 0) is 6.18 Å². The summed E-state index contributed by atoms with van der Waals surface area (Å²) in [4.78, 5) is 12.3. The predicted molar refractivity (Wildman–Crippen MR) is 90.3 cm³/mol. The zero-order valence-electron chi connectivity index (χ0n) is 13.0. The van der Waals surface area contributed by atoms with Gasteiger partial charge in [-0.05, 0) is 25.1 Å². The van der Waals surface area contributed by atoms with Crippen LogP contribution in [0.4, 0.5) is 18.9 Å². The lowest BCUT2D eigenvalue weighted by Gasteiger charge is -2.07. The summed E-state index contributed by atoms with van der Waals surface area (Å²) in [5, 5.41) is 14.7. The Morgan fingerprint density at radius 3 is 2.50 bits per heavy atom.